The van der Waals surface area contributed by atoms with Crippen molar-refractivity contribution in [1.82, 2.24) is 0 Å². The number of hydrogen-bond acceptors (Lipinski definition) is 6. The fourth-order valence-electron chi connectivity index (χ4n) is 1.41. The van der Waals surface area contributed by atoms with Gasteiger partial charge >= 0.3 is 0 Å². The first-order valence-corrected chi connectivity index (χ1v) is 11.0. The second kappa shape index (κ2) is 6.69. The monoisotopic (exact) mass is 360 g/mol. The van der Waals surface area contributed by atoms with Crippen LogP contribution in [-0.2, 0) is 19.7 Å². The van der Waals surface area contributed by atoms with Crippen LogP contribution in [0.3, 0.4) is 0 Å². The molecule has 0 bridgehead atoms. The van der Waals surface area contributed by atoms with Gasteiger partial charge in [0.15, 0.2) is 24.8 Å². The molecule has 2 rings (SSSR count). The lowest BCUT2D eigenvalue weighted by atomic mass is 10.3. The molecule has 0 saturated heterocycles. The summed E-state index contributed by atoms with van der Waals surface area (Å²) in [5.41, 5.74) is 1.46. The van der Waals surface area contributed by atoms with Crippen molar-refractivity contribution in [3.05, 3.63) is 55.6 Å². The van der Waals surface area contributed by atoms with E-state index in [1.807, 2.05) is 10.8 Å². The summed E-state index contributed by atoms with van der Waals surface area (Å²) in [5, 5.41) is 8.12. The molecule has 2 aromatic rings. The van der Waals surface area contributed by atoms with E-state index in [4.69, 9.17) is 0 Å². The highest BCUT2D eigenvalue weighted by Gasteiger charge is 2.17. The van der Waals surface area contributed by atoms with Gasteiger partial charge in [0.25, 0.3) is 0 Å². The van der Waals surface area contributed by atoms with Gasteiger partial charge in [0.1, 0.15) is 0 Å². The molecular formula is C13H12O4S4. The van der Waals surface area contributed by atoms with Crippen LogP contribution in [0.2, 0.25) is 0 Å². The summed E-state index contributed by atoms with van der Waals surface area (Å²) in [6, 6.07) is 3.50. The topological polar surface area (TPSA) is 68.3 Å². The highest BCUT2D eigenvalue weighted by atomic mass is 32.3. The van der Waals surface area contributed by atoms with Crippen molar-refractivity contribution in [1.29, 1.82) is 0 Å². The molecule has 0 spiro atoms. The summed E-state index contributed by atoms with van der Waals surface area (Å²) in [5.74, 6) is 0. The number of rotatable bonds is 6. The van der Waals surface area contributed by atoms with Crippen molar-refractivity contribution in [2.45, 2.75) is 0 Å². The molecule has 4 nitrogen and oxygen atoms in total. The van der Waals surface area contributed by atoms with E-state index in [-0.39, 0.29) is 0 Å². The summed E-state index contributed by atoms with van der Waals surface area (Å²) in [6.45, 7) is 0. The predicted octanol–water partition coefficient (Wildman–Crippen LogP) is 3.24. The van der Waals surface area contributed by atoms with E-state index in [2.05, 4.69) is 0 Å². The molecule has 0 radical (unpaired) electrons. The molecule has 0 aliphatic heterocycles. The minimum absolute atomic E-state index is 0.731. The second-order valence-electron chi connectivity index (χ2n) is 4.16. The van der Waals surface area contributed by atoms with Crippen LogP contribution in [0.25, 0.3) is 12.2 Å². The second-order valence-corrected chi connectivity index (χ2v) is 9.86. The molecule has 0 amide bonds. The first kappa shape index (κ1) is 16.2. The van der Waals surface area contributed by atoms with Crippen molar-refractivity contribution in [2.75, 3.05) is 5.08 Å². The van der Waals surface area contributed by atoms with Crippen LogP contribution in [-0.4, -0.2) is 21.9 Å². The Morgan fingerprint density at radius 1 is 0.810 bits per heavy atom. The largest absolute Gasteiger partial charge is 0.223 e. The Kier molecular flexibility index (Phi) is 5.15. The molecule has 21 heavy (non-hydrogen) atoms. The highest BCUT2D eigenvalue weighted by Crippen LogP contribution is 2.12. The highest BCUT2D eigenvalue weighted by molar-refractivity contribution is 8.10. The molecule has 0 unspecified atom stereocenters. The zero-order chi connectivity index (χ0) is 15.3. The molecule has 0 atom stereocenters. The Balaban J connectivity index is 2.08. The standard InChI is InChI=1S/C13H12O4S4/c14-20(15,7-3-12-1-5-18-9-12)11-21(16,17)8-4-13-2-6-19-10-13/h1-10H,11H2/b7-3-,8-4+. The number of hydrogen-bond donors (Lipinski definition) is 0. The van der Waals surface area contributed by atoms with Crippen molar-refractivity contribution in [3.8, 4) is 0 Å². The maximum absolute atomic E-state index is 11.8. The molecule has 0 fully saturated rings. The molecule has 112 valence electrons. The lowest BCUT2D eigenvalue weighted by molar-refractivity contribution is 0.598. The van der Waals surface area contributed by atoms with Crippen LogP contribution in [0, 0.1) is 0 Å². The van der Waals surface area contributed by atoms with Crippen molar-refractivity contribution in [3.63, 3.8) is 0 Å². The number of sulfone groups is 2. The quantitative estimate of drug-likeness (QED) is 0.793. The summed E-state index contributed by atoms with van der Waals surface area (Å²) in [6.07, 6.45) is 2.79. The minimum atomic E-state index is -3.82. The van der Waals surface area contributed by atoms with Gasteiger partial charge in [0, 0.05) is 10.8 Å². The average molecular weight is 361 g/mol. The van der Waals surface area contributed by atoms with Crippen LogP contribution >= 0.6 is 22.7 Å². The summed E-state index contributed by atoms with van der Waals surface area (Å²) in [7, 11) is -7.64. The van der Waals surface area contributed by atoms with E-state index >= 15 is 0 Å². The van der Waals surface area contributed by atoms with Gasteiger partial charge in [0.05, 0.1) is 0 Å². The van der Waals surface area contributed by atoms with Gasteiger partial charge in [0.2, 0.25) is 0 Å². The molecule has 0 saturated carbocycles. The van der Waals surface area contributed by atoms with Gasteiger partial charge in [-0.15, -0.1) is 0 Å². The molecule has 2 heterocycles. The Hall–Kier alpha value is -1.22. The normalized spacial score (nSPS) is 13.3. The van der Waals surface area contributed by atoms with Crippen molar-refractivity contribution < 1.29 is 16.8 Å². The molecule has 0 aliphatic rings. The van der Waals surface area contributed by atoms with E-state index in [9.17, 15) is 16.8 Å². The Morgan fingerprint density at radius 3 is 1.57 bits per heavy atom. The summed E-state index contributed by atoms with van der Waals surface area (Å²) in [4.78, 5) is 0. The smallest absolute Gasteiger partial charge is 0.186 e. The van der Waals surface area contributed by atoms with Crippen molar-refractivity contribution in [2.24, 2.45) is 0 Å². The van der Waals surface area contributed by atoms with Crippen LogP contribution in [0.5, 0.6) is 0 Å². The van der Waals surface area contributed by atoms with Crippen LogP contribution in [0.4, 0.5) is 0 Å². The van der Waals surface area contributed by atoms with Gasteiger partial charge in [-0.2, -0.15) is 22.7 Å². The Bertz CT molecular complexity index is 752. The fraction of sp³-hybridized carbons (Fsp3) is 0.0769. The van der Waals surface area contributed by atoms with Gasteiger partial charge < -0.3 is 0 Å². The first-order chi connectivity index (χ1) is 9.86. The zero-order valence-corrected chi connectivity index (χ0v) is 14.0. The van der Waals surface area contributed by atoms with E-state index in [1.54, 1.807) is 22.9 Å². The maximum Gasteiger partial charge on any atom is 0.186 e. The zero-order valence-electron chi connectivity index (χ0n) is 10.7. The average Bonchev–Trinajstić information content (AvgIpc) is 3.06. The van der Waals surface area contributed by atoms with Gasteiger partial charge in [-0.1, -0.05) is 0 Å². The minimum Gasteiger partial charge on any atom is -0.223 e. The first-order valence-electron chi connectivity index (χ1n) is 5.72. The lowest BCUT2D eigenvalue weighted by Gasteiger charge is -1.97. The summed E-state index contributed by atoms with van der Waals surface area (Å²) >= 11 is 2.87. The van der Waals surface area contributed by atoms with E-state index < -0.39 is 24.8 Å². The molecule has 0 aliphatic carbocycles. The predicted molar refractivity (Wildman–Crippen MR) is 89.4 cm³/mol. The SMILES string of the molecule is O=S(=O)(/C=C\c1ccsc1)CS(=O)(=O)/C=C/c1ccsc1. The van der Waals surface area contributed by atoms with Gasteiger partial charge in [-0.05, 0) is 56.9 Å². The molecule has 0 N–H and O–H groups in total. The van der Waals surface area contributed by atoms with Crippen LogP contribution in [0.1, 0.15) is 11.1 Å². The molecule has 8 heteroatoms. The Labute approximate surface area is 131 Å². The van der Waals surface area contributed by atoms with Gasteiger partial charge in [-0.25, -0.2) is 16.8 Å². The van der Waals surface area contributed by atoms with E-state index in [1.165, 1.54) is 34.8 Å². The maximum atomic E-state index is 11.8. The van der Waals surface area contributed by atoms with Gasteiger partial charge in [-0.3, -0.25) is 0 Å². The summed E-state index contributed by atoms with van der Waals surface area (Å²) < 4.78 is 47.2. The van der Waals surface area contributed by atoms with E-state index in [0.717, 1.165) is 21.9 Å². The third-order valence-electron chi connectivity index (χ3n) is 2.35. The Morgan fingerprint density at radius 2 is 1.24 bits per heavy atom. The number of thiophene rings is 2. The lowest BCUT2D eigenvalue weighted by Crippen LogP contribution is -2.11. The molecule has 0 aromatic carbocycles. The van der Waals surface area contributed by atoms with E-state index in [0.29, 0.717) is 0 Å². The third-order valence-corrected chi connectivity index (χ3v) is 7.48. The fourth-order valence-corrected chi connectivity index (χ4v) is 5.86. The van der Waals surface area contributed by atoms with Crippen molar-refractivity contribution >= 4 is 54.5 Å². The van der Waals surface area contributed by atoms with Crippen LogP contribution in [0.15, 0.2) is 44.5 Å². The third kappa shape index (κ3) is 5.58. The molecule has 2 aromatic heterocycles. The van der Waals surface area contributed by atoms with Crippen LogP contribution < -0.4 is 0 Å². The molecular weight excluding hydrogens is 348 g/mol.